The predicted octanol–water partition coefficient (Wildman–Crippen LogP) is 4.51. The lowest BCUT2D eigenvalue weighted by atomic mass is 10.0. The van der Waals surface area contributed by atoms with E-state index in [4.69, 9.17) is 5.10 Å². The number of fused-ring (bicyclic) bond motifs is 3. The van der Waals surface area contributed by atoms with Gasteiger partial charge in [-0.25, -0.2) is 9.99 Å². The molecular weight excluding hydrogens is 388 g/mol. The SMILES string of the molecule is O=c1[nH]c(CS)nc2sc3c(c12)N(c1ccccc1)N=C(c1ccccc1)C3. The number of nitrogens with one attached hydrogen (secondary N) is 1. The monoisotopic (exact) mass is 404 g/mol. The van der Waals surface area contributed by atoms with Crippen molar-refractivity contribution in [2.45, 2.75) is 12.2 Å². The van der Waals surface area contributed by atoms with Gasteiger partial charge in [-0.2, -0.15) is 17.7 Å². The molecule has 28 heavy (non-hydrogen) atoms. The Labute approximate surface area is 170 Å². The van der Waals surface area contributed by atoms with Gasteiger partial charge in [-0.05, 0) is 17.7 Å². The van der Waals surface area contributed by atoms with Crippen molar-refractivity contribution < 1.29 is 0 Å². The smallest absolute Gasteiger partial charge is 0.261 e. The number of anilines is 2. The molecule has 0 aliphatic carbocycles. The van der Waals surface area contributed by atoms with Crippen LogP contribution in [0.25, 0.3) is 10.2 Å². The Hall–Kier alpha value is -2.90. The average Bonchev–Trinajstić information content (AvgIpc) is 3.13. The van der Waals surface area contributed by atoms with Crippen LogP contribution in [-0.2, 0) is 12.2 Å². The van der Waals surface area contributed by atoms with Gasteiger partial charge < -0.3 is 4.98 Å². The van der Waals surface area contributed by atoms with Crippen molar-refractivity contribution in [1.29, 1.82) is 0 Å². The number of nitrogens with zero attached hydrogens (tertiary/aromatic N) is 3. The number of aromatic amines is 1. The van der Waals surface area contributed by atoms with Crippen molar-refractivity contribution in [2.24, 2.45) is 5.10 Å². The summed E-state index contributed by atoms with van der Waals surface area (Å²) >= 11 is 5.80. The summed E-state index contributed by atoms with van der Waals surface area (Å²) in [6.45, 7) is 0. The number of aromatic nitrogens is 2. The van der Waals surface area contributed by atoms with Crippen molar-refractivity contribution in [2.75, 3.05) is 5.01 Å². The quantitative estimate of drug-likeness (QED) is 0.494. The molecule has 1 N–H and O–H groups in total. The van der Waals surface area contributed by atoms with Crippen molar-refractivity contribution in [3.63, 3.8) is 0 Å². The Morgan fingerprint density at radius 3 is 2.50 bits per heavy atom. The van der Waals surface area contributed by atoms with Gasteiger partial charge in [0, 0.05) is 17.1 Å². The van der Waals surface area contributed by atoms with Crippen LogP contribution < -0.4 is 10.6 Å². The number of hydrogen-bond acceptors (Lipinski definition) is 6. The zero-order chi connectivity index (χ0) is 19.1. The Morgan fingerprint density at radius 1 is 1.07 bits per heavy atom. The molecule has 1 aliphatic heterocycles. The van der Waals surface area contributed by atoms with E-state index in [0.29, 0.717) is 23.4 Å². The maximum absolute atomic E-state index is 12.8. The lowest BCUT2D eigenvalue weighted by molar-refractivity contribution is 1.03. The summed E-state index contributed by atoms with van der Waals surface area (Å²) < 4.78 is 0. The Kier molecular flexibility index (Phi) is 4.26. The number of rotatable bonds is 3. The van der Waals surface area contributed by atoms with E-state index in [1.54, 1.807) is 11.3 Å². The first kappa shape index (κ1) is 17.2. The van der Waals surface area contributed by atoms with Crippen LogP contribution in [0.4, 0.5) is 11.4 Å². The molecule has 0 saturated heterocycles. The van der Waals surface area contributed by atoms with E-state index >= 15 is 0 Å². The van der Waals surface area contributed by atoms with Crippen molar-refractivity contribution >= 4 is 51.3 Å². The van der Waals surface area contributed by atoms with Gasteiger partial charge in [0.05, 0.1) is 17.1 Å². The molecule has 2 aromatic heterocycles. The summed E-state index contributed by atoms with van der Waals surface area (Å²) in [6.07, 6.45) is 0.666. The predicted molar refractivity (Wildman–Crippen MR) is 118 cm³/mol. The third-order valence-electron chi connectivity index (χ3n) is 4.67. The van der Waals surface area contributed by atoms with Gasteiger partial charge in [-0.15, -0.1) is 11.3 Å². The Morgan fingerprint density at radius 2 is 1.79 bits per heavy atom. The van der Waals surface area contributed by atoms with Gasteiger partial charge in [0.15, 0.2) is 0 Å². The molecule has 4 aromatic rings. The molecule has 0 bridgehead atoms. The molecule has 3 heterocycles. The first-order valence-corrected chi connectivity index (χ1v) is 10.3. The fourth-order valence-corrected chi connectivity index (χ4v) is 4.73. The molecule has 0 spiro atoms. The topological polar surface area (TPSA) is 61.4 Å². The summed E-state index contributed by atoms with van der Waals surface area (Å²) in [5.41, 5.74) is 3.63. The summed E-state index contributed by atoms with van der Waals surface area (Å²) in [6, 6.07) is 20.0. The molecule has 5 rings (SSSR count). The highest BCUT2D eigenvalue weighted by Gasteiger charge is 2.28. The minimum absolute atomic E-state index is 0.147. The van der Waals surface area contributed by atoms with Crippen LogP contribution in [0.3, 0.4) is 0 Å². The normalized spacial score (nSPS) is 13.5. The fraction of sp³-hybridized carbons (Fsp3) is 0.0952. The third-order valence-corrected chi connectivity index (χ3v) is 6.05. The van der Waals surface area contributed by atoms with Gasteiger partial charge in [0.1, 0.15) is 16.0 Å². The van der Waals surface area contributed by atoms with E-state index in [1.807, 2.05) is 53.5 Å². The number of hydrogen-bond donors (Lipinski definition) is 2. The fourth-order valence-electron chi connectivity index (χ4n) is 3.41. The lowest BCUT2D eigenvalue weighted by Crippen LogP contribution is -2.23. The number of hydrazone groups is 1. The second-order valence-corrected chi connectivity index (χ2v) is 7.86. The molecule has 138 valence electrons. The van der Waals surface area contributed by atoms with Crippen LogP contribution in [0.1, 0.15) is 16.3 Å². The average molecular weight is 405 g/mol. The summed E-state index contributed by atoms with van der Waals surface area (Å²) in [5, 5.41) is 7.39. The van der Waals surface area contributed by atoms with Gasteiger partial charge in [0.2, 0.25) is 0 Å². The van der Waals surface area contributed by atoms with Crippen molar-refractivity contribution in [3.8, 4) is 0 Å². The number of H-pyrrole nitrogens is 1. The first-order valence-electron chi connectivity index (χ1n) is 8.88. The molecule has 0 atom stereocenters. The van der Waals surface area contributed by atoms with Crippen molar-refractivity contribution in [1.82, 2.24) is 9.97 Å². The van der Waals surface area contributed by atoms with Gasteiger partial charge in [0.25, 0.3) is 5.56 Å². The largest absolute Gasteiger partial charge is 0.309 e. The molecule has 0 saturated carbocycles. The van der Waals surface area contributed by atoms with E-state index in [0.717, 1.165) is 32.4 Å². The zero-order valence-electron chi connectivity index (χ0n) is 14.8. The number of para-hydroxylation sites is 1. The van der Waals surface area contributed by atoms with E-state index in [1.165, 1.54) is 0 Å². The molecule has 5 nitrogen and oxygen atoms in total. The van der Waals surface area contributed by atoms with E-state index in [-0.39, 0.29) is 5.56 Å². The second-order valence-electron chi connectivity index (χ2n) is 6.46. The molecule has 2 aromatic carbocycles. The molecule has 0 fully saturated rings. The highest BCUT2D eigenvalue weighted by Crippen LogP contribution is 2.42. The number of thiophene rings is 1. The van der Waals surface area contributed by atoms with E-state index < -0.39 is 0 Å². The Balaban J connectivity index is 1.77. The van der Waals surface area contributed by atoms with Crippen molar-refractivity contribution in [3.05, 3.63) is 87.3 Å². The van der Waals surface area contributed by atoms with Crippen LogP contribution in [0.2, 0.25) is 0 Å². The van der Waals surface area contributed by atoms with Crippen LogP contribution in [0.15, 0.2) is 70.6 Å². The van der Waals surface area contributed by atoms with Gasteiger partial charge >= 0.3 is 0 Å². The molecule has 7 heteroatoms. The maximum atomic E-state index is 12.8. The van der Waals surface area contributed by atoms with Crippen LogP contribution in [0, 0.1) is 0 Å². The standard InChI is InChI=1S/C21H16N4OS2/c26-20-18-19-16(28-21(18)23-17(12-27)22-20)11-15(13-7-3-1-4-8-13)24-25(19)14-9-5-2-6-10-14/h1-10,27H,11-12H2,(H,22,23,26). The molecule has 0 amide bonds. The van der Waals surface area contributed by atoms with Gasteiger partial charge in [-0.1, -0.05) is 48.5 Å². The lowest BCUT2D eigenvalue weighted by Gasteiger charge is -2.26. The zero-order valence-corrected chi connectivity index (χ0v) is 16.5. The first-order chi connectivity index (χ1) is 13.7. The molecular formula is C21H16N4OS2. The number of thiol groups is 1. The van der Waals surface area contributed by atoms with Gasteiger partial charge in [-0.3, -0.25) is 4.79 Å². The molecule has 0 radical (unpaired) electrons. The maximum Gasteiger partial charge on any atom is 0.261 e. The van der Waals surface area contributed by atoms with Crippen LogP contribution in [0.5, 0.6) is 0 Å². The highest BCUT2D eigenvalue weighted by molar-refractivity contribution is 7.79. The second kappa shape index (κ2) is 6.92. The minimum atomic E-state index is -0.147. The third kappa shape index (κ3) is 2.83. The minimum Gasteiger partial charge on any atom is -0.309 e. The number of benzene rings is 2. The summed E-state index contributed by atoms with van der Waals surface area (Å²) in [4.78, 5) is 22.1. The molecule has 1 aliphatic rings. The Bertz CT molecular complexity index is 1250. The summed E-state index contributed by atoms with van der Waals surface area (Å²) in [5.74, 6) is 0.969. The van der Waals surface area contributed by atoms with E-state index in [9.17, 15) is 4.79 Å². The van der Waals surface area contributed by atoms with Crippen LogP contribution >= 0.6 is 24.0 Å². The summed E-state index contributed by atoms with van der Waals surface area (Å²) in [7, 11) is 0. The van der Waals surface area contributed by atoms with Crippen LogP contribution in [-0.4, -0.2) is 15.7 Å². The molecule has 0 unspecified atom stereocenters. The highest BCUT2D eigenvalue weighted by atomic mass is 32.1. The van der Waals surface area contributed by atoms with E-state index in [2.05, 4.69) is 34.7 Å².